The van der Waals surface area contributed by atoms with Crippen LogP contribution >= 0.6 is 0 Å². The molecular formula is C11H12FN3O2. The van der Waals surface area contributed by atoms with Gasteiger partial charge in [0.1, 0.15) is 11.9 Å². The van der Waals surface area contributed by atoms with Gasteiger partial charge in [0.05, 0.1) is 17.9 Å². The molecule has 1 aliphatic rings. The van der Waals surface area contributed by atoms with Gasteiger partial charge in [-0.25, -0.2) is 4.39 Å². The summed E-state index contributed by atoms with van der Waals surface area (Å²) in [5.74, 6) is -1.39. The molecular weight excluding hydrogens is 225 g/mol. The van der Waals surface area contributed by atoms with Gasteiger partial charge < -0.3 is 10.6 Å². The highest BCUT2D eigenvalue weighted by Crippen LogP contribution is 2.27. The van der Waals surface area contributed by atoms with E-state index >= 15 is 0 Å². The van der Waals surface area contributed by atoms with Crippen LogP contribution in [-0.2, 0) is 9.59 Å². The average molecular weight is 237 g/mol. The summed E-state index contributed by atoms with van der Waals surface area (Å²) in [7, 11) is 0. The van der Waals surface area contributed by atoms with E-state index in [-0.39, 0.29) is 12.2 Å². The fourth-order valence-electron chi connectivity index (χ4n) is 1.78. The normalized spacial score (nSPS) is 20.4. The van der Waals surface area contributed by atoms with Gasteiger partial charge in [0, 0.05) is 0 Å². The number of rotatable bonds is 1. The van der Waals surface area contributed by atoms with Crippen molar-refractivity contribution in [2.45, 2.75) is 13.0 Å². The summed E-state index contributed by atoms with van der Waals surface area (Å²) in [6.07, 6.45) is 0. The molecule has 1 atom stereocenters. The fraction of sp³-hybridized carbons (Fsp3) is 0.273. The first kappa shape index (κ1) is 11.4. The Hall–Kier alpha value is -2.11. The predicted octanol–water partition coefficient (Wildman–Crippen LogP) is 0.259. The van der Waals surface area contributed by atoms with E-state index in [1.165, 1.54) is 17.0 Å². The number of hydrogen-bond donors (Lipinski definition) is 2. The van der Waals surface area contributed by atoms with Crippen LogP contribution in [0.15, 0.2) is 18.2 Å². The number of nitrogens with one attached hydrogen (secondary N) is 1. The first-order chi connectivity index (χ1) is 8.00. The largest absolute Gasteiger partial charge is 0.395 e. The van der Waals surface area contributed by atoms with Crippen LogP contribution in [0.1, 0.15) is 6.92 Å². The lowest BCUT2D eigenvalue weighted by molar-refractivity contribution is -0.132. The third kappa shape index (κ3) is 1.93. The first-order valence-electron chi connectivity index (χ1n) is 5.15. The number of piperazine rings is 1. The zero-order valence-corrected chi connectivity index (χ0v) is 9.24. The van der Waals surface area contributed by atoms with Crippen molar-refractivity contribution in [1.82, 2.24) is 5.32 Å². The lowest BCUT2D eigenvalue weighted by Gasteiger charge is -2.34. The second kappa shape index (κ2) is 4.04. The lowest BCUT2D eigenvalue weighted by atomic mass is 10.1. The molecule has 2 amide bonds. The number of nitrogen functional groups attached to an aromatic ring is 1. The van der Waals surface area contributed by atoms with Gasteiger partial charge >= 0.3 is 0 Å². The molecule has 1 unspecified atom stereocenters. The van der Waals surface area contributed by atoms with Crippen LogP contribution in [0.25, 0.3) is 0 Å². The van der Waals surface area contributed by atoms with Crippen molar-refractivity contribution in [3.05, 3.63) is 24.0 Å². The molecule has 2 rings (SSSR count). The summed E-state index contributed by atoms with van der Waals surface area (Å²) >= 11 is 0. The molecule has 0 bridgehead atoms. The van der Waals surface area contributed by atoms with Crippen LogP contribution in [0.2, 0.25) is 0 Å². The van der Waals surface area contributed by atoms with E-state index in [1.54, 1.807) is 13.0 Å². The van der Waals surface area contributed by atoms with Crippen LogP contribution in [0.5, 0.6) is 0 Å². The summed E-state index contributed by atoms with van der Waals surface area (Å²) in [5, 5.41) is 2.21. The Morgan fingerprint density at radius 2 is 2.18 bits per heavy atom. The number of nitrogens with zero attached hydrogens (tertiary/aromatic N) is 1. The highest BCUT2D eigenvalue weighted by molar-refractivity contribution is 6.05. The minimum Gasteiger partial charge on any atom is -0.395 e. The van der Waals surface area contributed by atoms with Gasteiger partial charge in [-0.05, 0) is 19.1 Å². The topological polar surface area (TPSA) is 75.4 Å². The Labute approximate surface area is 97.4 Å². The molecule has 3 N–H and O–H groups in total. The second-order valence-electron chi connectivity index (χ2n) is 3.89. The number of benzene rings is 1. The Bertz CT molecular complexity index is 490. The van der Waals surface area contributed by atoms with E-state index in [0.29, 0.717) is 5.69 Å². The van der Waals surface area contributed by atoms with Gasteiger partial charge in [-0.2, -0.15) is 0 Å². The molecule has 90 valence electrons. The number of carbonyl (C=O) groups excluding carboxylic acids is 2. The van der Waals surface area contributed by atoms with Gasteiger partial charge in [-0.1, -0.05) is 6.07 Å². The number of anilines is 2. The summed E-state index contributed by atoms with van der Waals surface area (Å²) in [4.78, 5) is 24.3. The quantitative estimate of drug-likeness (QED) is 0.542. The van der Waals surface area contributed by atoms with E-state index < -0.39 is 23.7 Å². The summed E-state index contributed by atoms with van der Waals surface area (Å²) < 4.78 is 13.3. The molecule has 0 spiro atoms. The molecule has 1 heterocycles. The maximum Gasteiger partial charge on any atom is 0.249 e. The van der Waals surface area contributed by atoms with Gasteiger partial charge in [0.2, 0.25) is 11.8 Å². The summed E-state index contributed by atoms with van der Waals surface area (Å²) in [5.41, 5.74) is 5.91. The number of hydrogen-bond acceptors (Lipinski definition) is 4. The number of nitrogens with two attached hydrogens (primary N) is 1. The lowest BCUT2D eigenvalue weighted by Crippen LogP contribution is -2.57. The number of para-hydroxylation sites is 1. The molecule has 1 aromatic rings. The highest BCUT2D eigenvalue weighted by atomic mass is 19.1. The molecule has 0 aromatic heterocycles. The molecule has 0 saturated carbocycles. The first-order valence-corrected chi connectivity index (χ1v) is 5.15. The third-order valence-electron chi connectivity index (χ3n) is 2.76. The summed E-state index contributed by atoms with van der Waals surface area (Å²) in [6.45, 7) is 1.62. The molecule has 5 nitrogen and oxygen atoms in total. The third-order valence-corrected chi connectivity index (χ3v) is 2.76. The Balaban J connectivity index is 2.41. The average Bonchev–Trinajstić information content (AvgIpc) is 2.27. The van der Waals surface area contributed by atoms with E-state index in [9.17, 15) is 14.0 Å². The Morgan fingerprint density at radius 3 is 2.88 bits per heavy atom. The minimum absolute atomic E-state index is 0.0133. The number of imide groups is 1. The van der Waals surface area contributed by atoms with Crippen molar-refractivity contribution < 1.29 is 14.0 Å². The van der Waals surface area contributed by atoms with Crippen LogP contribution in [0.3, 0.4) is 0 Å². The van der Waals surface area contributed by atoms with Crippen molar-refractivity contribution in [2.24, 2.45) is 0 Å². The molecule has 0 aliphatic carbocycles. The summed E-state index contributed by atoms with van der Waals surface area (Å²) in [6, 6.07) is 3.75. The smallest absolute Gasteiger partial charge is 0.249 e. The van der Waals surface area contributed by atoms with E-state index in [1.807, 2.05) is 0 Å². The Kier molecular flexibility index (Phi) is 2.71. The van der Waals surface area contributed by atoms with Crippen molar-refractivity contribution >= 4 is 23.2 Å². The zero-order valence-electron chi connectivity index (χ0n) is 9.24. The van der Waals surface area contributed by atoms with Gasteiger partial charge in [-0.15, -0.1) is 0 Å². The van der Waals surface area contributed by atoms with Crippen molar-refractivity contribution in [3.8, 4) is 0 Å². The van der Waals surface area contributed by atoms with Crippen molar-refractivity contribution in [1.29, 1.82) is 0 Å². The van der Waals surface area contributed by atoms with Crippen LogP contribution in [0, 0.1) is 5.82 Å². The van der Waals surface area contributed by atoms with Crippen molar-refractivity contribution in [3.63, 3.8) is 0 Å². The molecule has 0 radical (unpaired) electrons. The molecule has 6 heteroatoms. The molecule has 1 aliphatic heterocycles. The molecule has 1 aromatic carbocycles. The second-order valence-corrected chi connectivity index (χ2v) is 3.89. The maximum absolute atomic E-state index is 13.3. The van der Waals surface area contributed by atoms with E-state index in [2.05, 4.69) is 5.32 Å². The standard InChI is InChI=1S/C11H12FN3O2/c1-6-11(17)14-9(16)5-15(6)8-4-2-3-7(12)10(8)13/h2-4,6H,5,13H2,1H3,(H,14,16,17). The minimum atomic E-state index is -0.562. The van der Waals surface area contributed by atoms with E-state index in [4.69, 9.17) is 5.73 Å². The Morgan fingerprint density at radius 1 is 1.47 bits per heavy atom. The fourth-order valence-corrected chi connectivity index (χ4v) is 1.78. The van der Waals surface area contributed by atoms with Gasteiger partial charge in [-0.3, -0.25) is 14.9 Å². The predicted molar refractivity (Wildman–Crippen MR) is 60.8 cm³/mol. The number of halogens is 1. The SMILES string of the molecule is CC1C(=O)NC(=O)CN1c1cccc(F)c1N. The van der Waals surface area contributed by atoms with Crippen LogP contribution in [-0.4, -0.2) is 24.4 Å². The van der Waals surface area contributed by atoms with Gasteiger partial charge in [0.15, 0.2) is 0 Å². The van der Waals surface area contributed by atoms with Crippen molar-refractivity contribution in [2.75, 3.05) is 17.2 Å². The molecule has 17 heavy (non-hydrogen) atoms. The number of amides is 2. The maximum atomic E-state index is 13.3. The zero-order chi connectivity index (χ0) is 12.6. The molecule has 1 fully saturated rings. The highest BCUT2D eigenvalue weighted by Gasteiger charge is 2.31. The van der Waals surface area contributed by atoms with Crippen LogP contribution in [0.4, 0.5) is 15.8 Å². The van der Waals surface area contributed by atoms with E-state index in [0.717, 1.165) is 0 Å². The van der Waals surface area contributed by atoms with Crippen LogP contribution < -0.4 is 16.0 Å². The van der Waals surface area contributed by atoms with Gasteiger partial charge in [0.25, 0.3) is 0 Å². The monoisotopic (exact) mass is 237 g/mol. The number of carbonyl (C=O) groups is 2. The molecule has 1 saturated heterocycles.